The molecule has 164 valence electrons. The van der Waals surface area contributed by atoms with Gasteiger partial charge in [0.05, 0.1) is 28.0 Å². The third-order valence-electron chi connectivity index (χ3n) is 5.54. The van der Waals surface area contributed by atoms with Crippen LogP contribution in [0.2, 0.25) is 10.0 Å². The maximum absolute atomic E-state index is 12.9. The largest absolute Gasteiger partial charge is 0.331 e. The van der Waals surface area contributed by atoms with E-state index < -0.39 is 0 Å². The van der Waals surface area contributed by atoms with Gasteiger partial charge in [0.2, 0.25) is 0 Å². The number of aliphatic imine (C=N–C) groups is 2. The van der Waals surface area contributed by atoms with E-state index in [0.29, 0.717) is 27.7 Å². The Bertz CT molecular complexity index is 816. The van der Waals surface area contributed by atoms with Crippen molar-refractivity contribution in [3.8, 4) is 0 Å². The van der Waals surface area contributed by atoms with Gasteiger partial charge in [-0.25, -0.2) is 4.79 Å². The lowest BCUT2D eigenvalue weighted by molar-refractivity contribution is 0.145. The molecule has 2 rings (SSSR count). The second-order valence-electron chi connectivity index (χ2n) is 7.47. The fourth-order valence-electron chi connectivity index (χ4n) is 3.57. The van der Waals surface area contributed by atoms with Gasteiger partial charge < -0.3 is 15.1 Å². The van der Waals surface area contributed by atoms with Crippen molar-refractivity contribution in [3.05, 3.63) is 39.5 Å². The van der Waals surface area contributed by atoms with E-state index in [1.165, 1.54) is 0 Å². The molecule has 0 aromatic heterocycles. The Hall–Kier alpha value is -1.89. The number of hydrogen-bond donors (Lipinski definition) is 1. The summed E-state index contributed by atoms with van der Waals surface area (Å²) >= 11 is 13.2. The van der Waals surface area contributed by atoms with Crippen molar-refractivity contribution in [3.63, 3.8) is 0 Å². The number of benzene rings is 1. The molecule has 0 radical (unpaired) electrons. The molecule has 1 N–H and O–H groups in total. The number of hydrogen-bond acceptors (Lipinski definition) is 4. The van der Waals surface area contributed by atoms with Crippen LogP contribution in [0, 0.1) is 0 Å². The summed E-state index contributed by atoms with van der Waals surface area (Å²) in [4.78, 5) is 25.1. The molecule has 0 saturated carbocycles. The number of carbonyl (C=O) groups is 1. The molecule has 1 saturated heterocycles. The number of nitrogens with one attached hydrogen (secondary N) is 1. The second kappa shape index (κ2) is 11.5. The molecule has 0 aliphatic carbocycles. The first-order valence-corrected chi connectivity index (χ1v) is 10.9. The van der Waals surface area contributed by atoms with Gasteiger partial charge >= 0.3 is 6.03 Å². The Morgan fingerprint density at radius 1 is 1.37 bits per heavy atom. The minimum absolute atomic E-state index is 0.0988. The Labute approximate surface area is 189 Å². The van der Waals surface area contributed by atoms with E-state index in [-0.39, 0.29) is 18.1 Å². The zero-order valence-corrected chi connectivity index (χ0v) is 19.7. The van der Waals surface area contributed by atoms with Gasteiger partial charge in [0.15, 0.2) is 0 Å². The molecule has 1 atom stereocenters. The van der Waals surface area contributed by atoms with E-state index in [0.717, 1.165) is 31.5 Å². The lowest BCUT2D eigenvalue weighted by atomic mass is 10.0. The third kappa shape index (κ3) is 5.84. The van der Waals surface area contributed by atoms with E-state index in [9.17, 15) is 4.79 Å². The number of piperidine rings is 1. The van der Waals surface area contributed by atoms with E-state index in [1.54, 1.807) is 12.4 Å². The molecule has 8 heteroatoms. The second-order valence-corrected chi connectivity index (χ2v) is 8.22. The van der Waals surface area contributed by atoms with Crippen molar-refractivity contribution in [2.75, 3.05) is 27.2 Å². The van der Waals surface area contributed by atoms with Gasteiger partial charge in [-0.05, 0) is 58.6 Å². The highest BCUT2D eigenvalue weighted by Gasteiger charge is 2.26. The first-order valence-electron chi connectivity index (χ1n) is 10.2. The molecule has 1 aromatic rings. The van der Waals surface area contributed by atoms with Crippen LogP contribution < -0.4 is 5.32 Å². The maximum Gasteiger partial charge on any atom is 0.317 e. The van der Waals surface area contributed by atoms with Crippen molar-refractivity contribution in [1.82, 2.24) is 15.1 Å². The maximum atomic E-state index is 12.9. The average molecular weight is 452 g/mol. The molecule has 1 aliphatic heterocycles. The van der Waals surface area contributed by atoms with Crippen LogP contribution >= 0.6 is 23.2 Å². The van der Waals surface area contributed by atoms with Gasteiger partial charge in [0.1, 0.15) is 0 Å². The summed E-state index contributed by atoms with van der Waals surface area (Å²) in [5, 5.41) is 3.88. The summed E-state index contributed by atoms with van der Waals surface area (Å²) in [7, 11) is 3.96. The van der Waals surface area contributed by atoms with E-state index >= 15 is 0 Å². The molecule has 1 aliphatic rings. The highest BCUT2D eigenvalue weighted by Crippen LogP contribution is 2.37. The van der Waals surface area contributed by atoms with Crippen molar-refractivity contribution in [2.24, 2.45) is 9.98 Å². The SMILES string of the molecule is C=N/C(=C\N=CC)c1ccc([C@H](CC)NC(=O)N(C)C2CCN(C)CC2)c(Cl)c1Cl. The van der Waals surface area contributed by atoms with Gasteiger partial charge in [0.25, 0.3) is 0 Å². The topological polar surface area (TPSA) is 60.3 Å². The molecule has 2 amide bonds. The first-order chi connectivity index (χ1) is 14.3. The fraction of sp³-hybridized carbons (Fsp3) is 0.500. The Morgan fingerprint density at radius 2 is 2.03 bits per heavy atom. The lowest BCUT2D eigenvalue weighted by Gasteiger charge is -2.36. The highest BCUT2D eigenvalue weighted by atomic mass is 35.5. The lowest BCUT2D eigenvalue weighted by Crippen LogP contribution is -2.48. The zero-order chi connectivity index (χ0) is 22.3. The molecule has 0 spiro atoms. The molecule has 6 nitrogen and oxygen atoms in total. The van der Waals surface area contributed by atoms with Crippen molar-refractivity contribution in [1.29, 1.82) is 0 Å². The van der Waals surface area contributed by atoms with Crippen LogP contribution in [0.1, 0.15) is 50.3 Å². The van der Waals surface area contributed by atoms with Gasteiger partial charge in [-0.1, -0.05) is 42.3 Å². The van der Waals surface area contributed by atoms with E-state index in [1.807, 2.05) is 37.9 Å². The molecular weight excluding hydrogens is 421 g/mol. The average Bonchev–Trinajstić information content (AvgIpc) is 2.75. The monoisotopic (exact) mass is 451 g/mol. The standard InChI is InChI=1S/C22H31Cl2N5O/c1-6-18(27-22(30)29(5)15-10-12-28(4)13-11-15)16-8-9-17(21(24)20(16)23)19(25-3)14-26-7-2/h7-9,14-15,18H,3,6,10-13H2,1-2,4-5H3,(H,27,30)/b19-14-,26-7?/t18-/m0/s1. The summed E-state index contributed by atoms with van der Waals surface area (Å²) in [5.41, 5.74) is 1.96. The third-order valence-corrected chi connectivity index (χ3v) is 6.44. The molecule has 1 fully saturated rings. The molecule has 1 heterocycles. The number of urea groups is 1. The van der Waals surface area contributed by atoms with Gasteiger partial charge in [0, 0.05) is 24.9 Å². The Morgan fingerprint density at radius 3 is 2.60 bits per heavy atom. The van der Waals surface area contributed by atoms with E-state index in [2.05, 4.69) is 34.0 Å². The minimum atomic E-state index is -0.247. The summed E-state index contributed by atoms with van der Waals surface area (Å²) in [5.74, 6) is 0. The molecule has 0 unspecified atom stereocenters. The van der Waals surface area contributed by atoms with Gasteiger partial charge in [-0.2, -0.15) is 0 Å². The van der Waals surface area contributed by atoms with E-state index in [4.69, 9.17) is 23.2 Å². The molecule has 30 heavy (non-hydrogen) atoms. The normalized spacial score (nSPS) is 17.2. The van der Waals surface area contributed by atoms with Crippen molar-refractivity contribution >= 4 is 47.9 Å². The molecular formula is C22H31Cl2N5O. The number of amides is 2. The molecule has 0 bridgehead atoms. The summed E-state index contributed by atoms with van der Waals surface area (Å²) in [6.07, 6.45) is 5.87. The van der Waals surface area contributed by atoms with Crippen LogP contribution in [0.4, 0.5) is 4.79 Å². The van der Waals surface area contributed by atoms with Crippen molar-refractivity contribution in [2.45, 2.75) is 45.2 Å². The highest BCUT2D eigenvalue weighted by molar-refractivity contribution is 6.43. The number of rotatable bonds is 7. The number of nitrogens with zero attached hydrogens (tertiary/aromatic N) is 4. The fourth-order valence-corrected chi connectivity index (χ4v) is 4.14. The Balaban J connectivity index is 2.21. The summed E-state index contributed by atoms with van der Waals surface area (Å²) in [6.45, 7) is 9.40. The first kappa shape index (κ1) is 24.4. The quantitative estimate of drug-likeness (QED) is 0.573. The predicted octanol–water partition coefficient (Wildman–Crippen LogP) is 5.27. The number of halogens is 2. The smallest absolute Gasteiger partial charge is 0.317 e. The number of likely N-dealkylation sites (tertiary alicyclic amines) is 1. The van der Waals surface area contributed by atoms with Crippen LogP contribution in [0.15, 0.2) is 28.3 Å². The van der Waals surface area contributed by atoms with Crippen LogP contribution in [0.3, 0.4) is 0 Å². The van der Waals surface area contributed by atoms with Crippen LogP contribution in [-0.4, -0.2) is 62.0 Å². The van der Waals surface area contributed by atoms with Gasteiger partial charge in [-0.15, -0.1) is 0 Å². The van der Waals surface area contributed by atoms with Crippen LogP contribution in [0.5, 0.6) is 0 Å². The minimum Gasteiger partial charge on any atom is -0.331 e. The van der Waals surface area contributed by atoms with Crippen molar-refractivity contribution < 1.29 is 4.79 Å². The van der Waals surface area contributed by atoms with Gasteiger partial charge in [-0.3, -0.25) is 9.98 Å². The predicted molar refractivity (Wildman–Crippen MR) is 128 cm³/mol. The molecule has 1 aromatic carbocycles. The van der Waals surface area contributed by atoms with Crippen LogP contribution in [-0.2, 0) is 0 Å². The summed E-state index contributed by atoms with van der Waals surface area (Å²) in [6, 6.07) is 3.61. The zero-order valence-electron chi connectivity index (χ0n) is 18.2. The summed E-state index contributed by atoms with van der Waals surface area (Å²) < 4.78 is 0. The Kier molecular flexibility index (Phi) is 9.34. The van der Waals surface area contributed by atoms with Crippen LogP contribution in [0.25, 0.3) is 5.70 Å². The number of carbonyl (C=O) groups excluding carboxylic acids is 1.